The molecule has 0 unspecified atom stereocenters. The maximum Gasteiger partial charge on any atom is 0.409 e. The molecule has 0 N–H and O–H groups in total. The van der Waals surface area contributed by atoms with Gasteiger partial charge in [0.25, 0.3) is 0 Å². The van der Waals surface area contributed by atoms with Crippen LogP contribution in [0.15, 0.2) is 12.2 Å². The zero-order chi connectivity index (χ0) is 18.1. The third-order valence-corrected chi connectivity index (χ3v) is 6.65. The lowest BCUT2D eigenvalue weighted by Crippen LogP contribution is -2.25. The molecular formula is C22H37F3. The van der Waals surface area contributed by atoms with Crippen molar-refractivity contribution in [3.8, 4) is 0 Å². The highest BCUT2D eigenvalue weighted by Crippen LogP contribution is 2.42. The van der Waals surface area contributed by atoms with Crippen molar-refractivity contribution in [1.29, 1.82) is 0 Å². The van der Waals surface area contributed by atoms with Crippen molar-refractivity contribution in [2.75, 3.05) is 0 Å². The highest BCUT2D eigenvalue weighted by Gasteiger charge is 2.31. The molecule has 0 nitrogen and oxygen atoms in total. The van der Waals surface area contributed by atoms with Crippen molar-refractivity contribution in [3.63, 3.8) is 0 Å². The number of unbranched alkanes of at least 4 members (excludes halogenated alkanes) is 4. The Kier molecular flexibility index (Phi) is 8.85. The minimum absolute atomic E-state index is 0.150. The van der Waals surface area contributed by atoms with Gasteiger partial charge in [-0.2, -0.15) is 13.2 Å². The van der Waals surface area contributed by atoms with Crippen LogP contribution in [-0.4, -0.2) is 6.18 Å². The van der Waals surface area contributed by atoms with Gasteiger partial charge in [-0.15, -0.1) is 0 Å². The first-order chi connectivity index (χ1) is 12.0. The molecule has 2 rings (SSSR count). The monoisotopic (exact) mass is 358 g/mol. The Morgan fingerprint density at radius 3 is 1.88 bits per heavy atom. The van der Waals surface area contributed by atoms with E-state index in [2.05, 4.69) is 6.92 Å². The molecular weight excluding hydrogens is 321 g/mol. The third-order valence-electron chi connectivity index (χ3n) is 6.65. The van der Waals surface area contributed by atoms with E-state index < -0.39 is 6.18 Å². The summed E-state index contributed by atoms with van der Waals surface area (Å²) >= 11 is 0. The van der Waals surface area contributed by atoms with E-state index in [1.807, 2.05) is 0 Å². The molecule has 0 amide bonds. The van der Waals surface area contributed by atoms with Crippen LogP contribution in [0.5, 0.6) is 0 Å². The van der Waals surface area contributed by atoms with Crippen molar-refractivity contribution >= 4 is 0 Å². The first-order valence-corrected chi connectivity index (χ1v) is 10.7. The summed E-state index contributed by atoms with van der Waals surface area (Å²) in [5.41, 5.74) is 0. The first kappa shape index (κ1) is 20.8. The van der Waals surface area contributed by atoms with Gasteiger partial charge in [0.15, 0.2) is 0 Å². The largest absolute Gasteiger partial charge is 0.409 e. The maximum atomic E-state index is 12.3. The van der Waals surface area contributed by atoms with Crippen molar-refractivity contribution in [3.05, 3.63) is 12.2 Å². The second-order valence-electron chi connectivity index (χ2n) is 8.56. The summed E-state index contributed by atoms with van der Waals surface area (Å²) in [6.07, 6.45) is 15.8. The van der Waals surface area contributed by atoms with Gasteiger partial charge in [0.1, 0.15) is 0 Å². The Balaban J connectivity index is 1.60. The summed E-state index contributed by atoms with van der Waals surface area (Å²) in [5, 5.41) is 0. The Labute approximate surface area is 152 Å². The molecule has 2 fully saturated rings. The number of alkyl halides is 3. The van der Waals surface area contributed by atoms with Crippen LogP contribution < -0.4 is 0 Å². The van der Waals surface area contributed by atoms with Gasteiger partial charge in [0.2, 0.25) is 0 Å². The normalized spacial score (nSPS) is 31.5. The number of hydrogen-bond acceptors (Lipinski definition) is 0. The second kappa shape index (κ2) is 10.6. The summed E-state index contributed by atoms with van der Waals surface area (Å²) in [6.45, 7) is 2.27. The highest BCUT2D eigenvalue weighted by molar-refractivity contribution is 4.96. The van der Waals surface area contributed by atoms with Crippen LogP contribution in [0.25, 0.3) is 0 Å². The van der Waals surface area contributed by atoms with Gasteiger partial charge in [-0.3, -0.25) is 0 Å². The maximum absolute atomic E-state index is 12.3. The molecule has 3 heteroatoms. The smallest absolute Gasteiger partial charge is 0.167 e. The molecule has 0 aromatic heterocycles. The summed E-state index contributed by atoms with van der Waals surface area (Å²) in [7, 11) is 0. The molecule has 0 spiro atoms. The van der Waals surface area contributed by atoms with Crippen LogP contribution >= 0.6 is 0 Å². The standard InChI is InChI=1S/C22H37F3/c1-2-3-4-5-6-7-18-8-12-20(13-9-18)21-14-10-19(11-15-21)16-17-22(23,24)25/h16-21H,2-15H2,1H3/t18-,19-,20-,21-. The molecule has 0 bridgehead atoms. The SMILES string of the molecule is CCCCCCC[C@H]1CC[C@H]([C@H]2CC[C@H](C=CC(F)(F)F)CC2)CC1. The third kappa shape index (κ3) is 8.17. The molecule has 0 aromatic rings. The van der Waals surface area contributed by atoms with Crippen LogP contribution in [0.1, 0.15) is 96.8 Å². The van der Waals surface area contributed by atoms with E-state index in [9.17, 15) is 13.2 Å². The van der Waals surface area contributed by atoms with Crippen LogP contribution in [-0.2, 0) is 0 Å². The molecule has 25 heavy (non-hydrogen) atoms. The summed E-state index contributed by atoms with van der Waals surface area (Å²) < 4.78 is 36.8. The van der Waals surface area contributed by atoms with E-state index in [-0.39, 0.29) is 5.92 Å². The zero-order valence-electron chi connectivity index (χ0n) is 16.0. The van der Waals surface area contributed by atoms with Crippen LogP contribution in [0, 0.1) is 23.7 Å². The van der Waals surface area contributed by atoms with Crippen LogP contribution in [0.3, 0.4) is 0 Å². The van der Waals surface area contributed by atoms with E-state index in [1.165, 1.54) is 70.3 Å². The highest BCUT2D eigenvalue weighted by atomic mass is 19.4. The van der Waals surface area contributed by atoms with Gasteiger partial charge in [-0.1, -0.05) is 64.4 Å². The lowest BCUT2D eigenvalue weighted by atomic mass is 9.68. The summed E-state index contributed by atoms with van der Waals surface area (Å²) in [6, 6.07) is 0. The topological polar surface area (TPSA) is 0 Å². The minimum Gasteiger partial charge on any atom is -0.167 e. The van der Waals surface area contributed by atoms with Gasteiger partial charge in [-0.25, -0.2) is 0 Å². The number of halogens is 3. The molecule has 0 heterocycles. The fourth-order valence-corrected chi connectivity index (χ4v) is 5.04. The average Bonchev–Trinajstić information content (AvgIpc) is 2.60. The number of allylic oxidation sites excluding steroid dienone is 2. The quantitative estimate of drug-likeness (QED) is 0.304. The Morgan fingerprint density at radius 2 is 1.32 bits per heavy atom. The van der Waals surface area contributed by atoms with Crippen LogP contribution in [0.4, 0.5) is 13.2 Å². The molecule has 0 aliphatic heterocycles. The minimum atomic E-state index is -4.15. The van der Waals surface area contributed by atoms with Gasteiger partial charge >= 0.3 is 6.18 Å². The van der Waals surface area contributed by atoms with Gasteiger partial charge in [-0.05, 0) is 62.2 Å². The second-order valence-corrected chi connectivity index (χ2v) is 8.56. The van der Waals surface area contributed by atoms with Crippen molar-refractivity contribution < 1.29 is 13.2 Å². The molecule has 2 saturated carbocycles. The lowest BCUT2D eigenvalue weighted by Gasteiger charge is -2.37. The van der Waals surface area contributed by atoms with Crippen molar-refractivity contribution in [2.24, 2.45) is 23.7 Å². The lowest BCUT2D eigenvalue weighted by molar-refractivity contribution is -0.0803. The molecule has 0 aromatic carbocycles. The fourth-order valence-electron chi connectivity index (χ4n) is 5.04. The molecule has 0 saturated heterocycles. The van der Waals surface area contributed by atoms with Crippen molar-refractivity contribution in [2.45, 2.75) is 103 Å². The summed E-state index contributed by atoms with van der Waals surface area (Å²) in [5.74, 6) is 2.73. The number of hydrogen-bond donors (Lipinski definition) is 0. The van der Waals surface area contributed by atoms with E-state index in [0.717, 1.165) is 43.4 Å². The molecule has 0 radical (unpaired) electrons. The molecule has 2 aliphatic carbocycles. The van der Waals surface area contributed by atoms with E-state index in [4.69, 9.17) is 0 Å². The Morgan fingerprint density at radius 1 is 0.760 bits per heavy atom. The predicted octanol–water partition coefficient (Wildman–Crippen LogP) is 8.08. The average molecular weight is 359 g/mol. The van der Waals surface area contributed by atoms with Gasteiger partial charge in [0.05, 0.1) is 0 Å². The van der Waals surface area contributed by atoms with Gasteiger partial charge in [0, 0.05) is 6.08 Å². The zero-order valence-corrected chi connectivity index (χ0v) is 16.0. The predicted molar refractivity (Wildman–Crippen MR) is 99.5 cm³/mol. The van der Waals surface area contributed by atoms with Crippen molar-refractivity contribution in [1.82, 2.24) is 0 Å². The fraction of sp³-hybridized carbons (Fsp3) is 0.909. The Hall–Kier alpha value is -0.470. The van der Waals surface area contributed by atoms with Crippen LogP contribution in [0.2, 0.25) is 0 Å². The molecule has 146 valence electrons. The molecule has 2 aliphatic rings. The van der Waals surface area contributed by atoms with E-state index in [1.54, 1.807) is 0 Å². The Bertz CT molecular complexity index is 369. The molecule has 0 atom stereocenters. The van der Waals surface area contributed by atoms with E-state index in [0.29, 0.717) is 6.08 Å². The van der Waals surface area contributed by atoms with Gasteiger partial charge < -0.3 is 0 Å². The summed E-state index contributed by atoms with van der Waals surface area (Å²) in [4.78, 5) is 0. The van der Waals surface area contributed by atoms with E-state index >= 15 is 0 Å². The first-order valence-electron chi connectivity index (χ1n) is 10.7. The number of rotatable bonds is 8.